The van der Waals surface area contributed by atoms with Crippen molar-refractivity contribution in [2.24, 2.45) is 0 Å². The van der Waals surface area contributed by atoms with Crippen molar-refractivity contribution < 1.29 is 48.0 Å². The summed E-state index contributed by atoms with van der Waals surface area (Å²) in [5.41, 5.74) is 12.8. The third-order valence-corrected chi connectivity index (χ3v) is 12.5. The van der Waals surface area contributed by atoms with Crippen LogP contribution in [-0.2, 0) is 23.2 Å². The van der Waals surface area contributed by atoms with E-state index >= 15 is 0 Å². The third kappa shape index (κ3) is 3.45. The Morgan fingerprint density at radius 1 is 0.893 bits per heavy atom. The Labute approximate surface area is 194 Å². The normalized spacial score (nSPS) is 22.0. The number of rotatable bonds is 1. The maximum absolute atomic E-state index is 2.59. The largest absolute Gasteiger partial charge is 1.00 e. The number of hydrogen-bond donors (Lipinski definition) is 0. The molecule has 1 fully saturated rings. The summed E-state index contributed by atoms with van der Waals surface area (Å²) in [7, 11) is 0.431. The van der Waals surface area contributed by atoms with Crippen LogP contribution in [0.1, 0.15) is 54.0 Å². The minimum Gasteiger partial charge on any atom is -1.00 e. The van der Waals surface area contributed by atoms with E-state index in [4.69, 9.17) is 0 Å². The van der Waals surface area contributed by atoms with Gasteiger partial charge in [0, 0.05) is 0 Å². The zero-order chi connectivity index (χ0) is 17.8. The number of hydrogen-bond acceptors (Lipinski definition) is 0. The minimum absolute atomic E-state index is 0. The fourth-order valence-corrected chi connectivity index (χ4v) is 11.7. The SMILES string of the molecule is CC[SiH]=C1CC2=Cc3c(C)cccc3[CH]2[Zr+2][CH]2C1=Cc1c(C)cccc12.[Cl-].[Cl-]. The molecule has 0 aromatic heterocycles. The Morgan fingerprint density at radius 2 is 1.50 bits per heavy atom. The van der Waals surface area contributed by atoms with Crippen molar-refractivity contribution in [2.45, 2.75) is 40.5 Å². The average molecular weight is 503 g/mol. The average Bonchev–Trinajstić information content (AvgIpc) is 3.12. The second-order valence-corrected chi connectivity index (χ2v) is 13.4. The Bertz CT molecular complexity index is 1020. The predicted octanol–water partition coefficient (Wildman–Crippen LogP) is -0.579. The Hall–Kier alpha value is -0.530. The van der Waals surface area contributed by atoms with E-state index in [9.17, 15) is 0 Å². The summed E-state index contributed by atoms with van der Waals surface area (Å²) in [5, 5.41) is 1.81. The van der Waals surface area contributed by atoms with Crippen LogP contribution in [0.25, 0.3) is 12.2 Å². The van der Waals surface area contributed by atoms with Crippen molar-refractivity contribution in [3.63, 3.8) is 0 Å². The molecule has 0 spiro atoms. The molecule has 1 heterocycles. The van der Waals surface area contributed by atoms with Crippen LogP contribution in [0.5, 0.6) is 0 Å². The molecular weight excluding hydrogens is 478 g/mol. The molecule has 2 aromatic rings. The van der Waals surface area contributed by atoms with E-state index in [1.54, 1.807) is 33.4 Å². The summed E-state index contributed by atoms with van der Waals surface area (Å²) in [4.78, 5) is 0. The number of fused-ring (bicyclic) bond motifs is 6. The van der Waals surface area contributed by atoms with E-state index in [1.807, 2.05) is 5.17 Å². The second kappa shape index (κ2) is 8.68. The van der Waals surface area contributed by atoms with Gasteiger partial charge in [-0.25, -0.2) is 0 Å². The first kappa shape index (κ1) is 22.2. The van der Waals surface area contributed by atoms with Crippen LogP contribution >= 0.6 is 0 Å². The van der Waals surface area contributed by atoms with E-state index in [0.29, 0.717) is 9.13 Å². The third-order valence-electron chi connectivity index (χ3n) is 6.20. The molecule has 0 N–H and O–H groups in total. The summed E-state index contributed by atoms with van der Waals surface area (Å²) in [5.74, 6) is 0. The van der Waals surface area contributed by atoms with Gasteiger partial charge in [0.05, 0.1) is 0 Å². The molecule has 0 amide bonds. The Kier molecular flexibility index (Phi) is 6.87. The smallest absolute Gasteiger partial charge is 1.00 e. The van der Waals surface area contributed by atoms with Crippen LogP contribution in [-0.4, -0.2) is 14.3 Å². The first-order valence-electron chi connectivity index (χ1n) is 9.74. The molecule has 142 valence electrons. The molecular formula is C24H24Cl2SiZr. The number of benzene rings is 2. The van der Waals surface area contributed by atoms with Crippen molar-refractivity contribution in [1.82, 2.24) is 0 Å². The quantitative estimate of drug-likeness (QED) is 0.458. The summed E-state index contributed by atoms with van der Waals surface area (Å²) in [6, 6.07) is 15.3. The van der Waals surface area contributed by atoms with E-state index in [2.05, 4.69) is 69.3 Å². The van der Waals surface area contributed by atoms with Crippen LogP contribution in [0.2, 0.25) is 6.04 Å². The van der Waals surface area contributed by atoms with Gasteiger partial charge in [-0.1, -0.05) is 0 Å². The maximum atomic E-state index is 2.59. The van der Waals surface area contributed by atoms with Gasteiger partial charge in [0.1, 0.15) is 0 Å². The van der Waals surface area contributed by atoms with Crippen LogP contribution in [0.15, 0.2) is 47.5 Å². The van der Waals surface area contributed by atoms with Crippen LogP contribution in [0.4, 0.5) is 0 Å². The summed E-state index contributed by atoms with van der Waals surface area (Å²) in [6.07, 6.45) is 6.41. The van der Waals surface area contributed by atoms with Gasteiger partial charge in [0.15, 0.2) is 0 Å². The van der Waals surface area contributed by atoms with Gasteiger partial charge < -0.3 is 24.8 Å². The first-order valence-corrected chi connectivity index (χ1v) is 14.0. The van der Waals surface area contributed by atoms with Crippen molar-refractivity contribution >= 4 is 26.5 Å². The topological polar surface area (TPSA) is 0 Å². The van der Waals surface area contributed by atoms with Crippen LogP contribution < -0.4 is 24.8 Å². The zero-order valence-electron chi connectivity index (χ0n) is 16.5. The van der Waals surface area contributed by atoms with Crippen molar-refractivity contribution in [1.29, 1.82) is 0 Å². The van der Waals surface area contributed by atoms with Crippen molar-refractivity contribution in [3.05, 3.63) is 80.9 Å². The molecule has 4 heteroatoms. The summed E-state index contributed by atoms with van der Waals surface area (Å²) < 4.78 is 1.55. The molecule has 1 saturated heterocycles. The van der Waals surface area contributed by atoms with Crippen LogP contribution in [0, 0.1) is 13.8 Å². The molecule has 2 aromatic carbocycles. The van der Waals surface area contributed by atoms with Crippen LogP contribution in [0.3, 0.4) is 0 Å². The maximum Gasteiger partial charge on any atom is -1.00 e. The van der Waals surface area contributed by atoms with Gasteiger partial charge in [-0.05, 0) is 0 Å². The molecule has 2 atom stereocenters. The molecule has 2 unspecified atom stereocenters. The van der Waals surface area contributed by atoms with Gasteiger partial charge in [-0.15, -0.1) is 0 Å². The van der Waals surface area contributed by atoms with Crippen molar-refractivity contribution in [2.75, 3.05) is 0 Å². The summed E-state index contributed by atoms with van der Waals surface area (Å²) in [6.45, 7) is 6.95. The molecule has 0 radical (unpaired) electrons. The fourth-order valence-electron chi connectivity index (χ4n) is 4.91. The molecule has 5 rings (SSSR count). The molecule has 0 nitrogen and oxygen atoms in total. The molecule has 2 aliphatic carbocycles. The van der Waals surface area contributed by atoms with Gasteiger partial charge in [0.2, 0.25) is 0 Å². The first-order chi connectivity index (χ1) is 12.7. The molecule has 0 bridgehead atoms. The molecule has 0 saturated carbocycles. The minimum atomic E-state index is -0.659. The molecule has 1 aliphatic heterocycles. The van der Waals surface area contributed by atoms with E-state index in [-0.39, 0.29) is 24.8 Å². The van der Waals surface area contributed by atoms with Crippen molar-refractivity contribution in [3.8, 4) is 0 Å². The predicted molar refractivity (Wildman–Crippen MR) is 111 cm³/mol. The van der Waals surface area contributed by atoms with Gasteiger partial charge >= 0.3 is 171 Å². The van der Waals surface area contributed by atoms with E-state index in [0.717, 1.165) is 7.25 Å². The number of allylic oxidation sites excluding steroid dienone is 2. The molecule has 28 heavy (non-hydrogen) atoms. The number of halogens is 2. The second-order valence-electron chi connectivity index (χ2n) is 7.82. The Balaban J connectivity index is 0.00000112. The fraction of sp³-hybridized carbons (Fsp3) is 0.292. The van der Waals surface area contributed by atoms with E-state index < -0.39 is 23.2 Å². The Morgan fingerprint density at radius 3 is 2.14 bits per heavy atom. The molecule has 3 aliphatic rings. The van der Waals surface area contributed by atoms with Gasteiger partial charge in [-0.3, -0.25) is 0 Å². The summed E-state index contributed by atoms with van der Waals surface area (Å²) >= 11 is -0.659. The van der Waals surface area contributed by atoms with Gasteiger partial charge in [-0.2, -0.15) is 0 Å². The monoisotopic (exact) mass is 500 g/mol. The number of aryl methyl sites for hydroxylation is 2. The van der Waals surface area contributed by atoms with E-state index in [1.165, 1.54) is 23.6 Å². The zero-order valence-corrected chi connectivity index (χ0v) is 21.6. The standard InChI is InChI=1S/C24H24Si.2ClH.Zr/c1-4-25-24(21-14-20-10-6-8-17(3)23(20)15-21)13-18-11-19-9-5-7-16(2)22(19)12-18;;;/h5-12,14-15,25H,4,13H2,1-3H3;2*1H;/q;;;+2/p-2. The van der Waals surface area contributed by atoms with Gasteiger partial charge in [0.25, 0.3) is 0 Å².